The molecule has 124 valence electrons. The molecule has 2 N–H and O–H groups in total. The van der Waals surface area contributed by atoms with E-state index in [4.69, 9.17) is 0 Å². The Balaban J connectivity index is 2.03. The van der Waals surface area contributed by atoms with Crippen molar-refractivity contribution in [2.24, 2.45) is 0 Å². The summed E-state index contributed by atoms with van der Waals surface area (Å²) in [4.78, 5) is 36.8. The Labute approximate surface area is 135 Å². The van der Waals surface area contributed by atoms with Crippen LogP contribution in [0.25, 0.3) is 0 Å². The molecular formula is C17H22N2O4. The topological polar surface area (TPSA) is 86.7 Å². The van der Waals surface area contributed by atoms with E-state index in [0.29, 0.717) is 13.0 Å². The Kier molecular flexibility index (Phi) is 5.73. The number of carbonyl (C=O) groups is 3. The van der Waals surface area contributed by atoms with Crippen molar-refractivity contribution in [3.63, 3.8) is 0 Å². The number of carboxylic acids is 1. The second kappa shape index (κ2) is 7.76. The maximum Gasteiger partial charge on any atom is 0.326 e. The fourth-order valence-electron chi connectivity index (χ4n) is 2.72. The van der Waals surface area contributed by atoms with Gasteiger partial charge in [-0.25, -0.2) is 4.79 Å². The number of carbonyl (C=O) groups excluding carboxylic acids is 2. The summed E-state index contributed by atoms with van der Waals surface area (Å²) in [5.74, 6) is -1.48. The average molecular weight is 318 g/mol. The number of nitrogens with one attached hydrogen (secondary N) is 1. The number of hydrogen-bond acceptors (Lipinski definition) is 3. The molecule has 2 amide bonds. The zero-order valence-corrected chi connectivity index (χ0v) is 13.2. The Bertz CT molecular complexity index is 600. The van der Waals surface area contributed by atoms with Gasteiger partial charge in [-0.2, -0.15) is 0 Å². The van der Waals surface area contributed by atoms with E-state index < -0.39 is 12.0 Å². The maximum atomic E-state index is 12.4. The number of benzene rings is 1. The summed E-state index contributed by atoms with van der Waals surface area (Å²) < 4.78 is 0. The monoisotopic (exact) mass is 318 g/mol. The summed E-state index contributed by atoms with van der Waals surface area (Å²) in [6, 6.07) is 6.68. The molecule has 23 heavy (non-hydrogen) atoms. The highest BCUT2D eigenvalue weighted by Gasteiger charge is 2.34. The van der Waals surface area contributed by atoms with Crippen LogP contribution >= 0.6 is 0 Å². The summed E-state index contributed by atoms with van der Waals surface area (Å²) in [6.07, 6.45) is 1.26. The molecule has 0 radical (unpaired) electrons. The van der Waals surface area contributed by atoms with Crippen molar-refractivity contribution in [3.05, 3.63) is 35.4 Å². The van der Waals surface area contributed by atoms with Crippen LogP contribution in [0.1, 0.15) is 37.3 Å². The van der Waals surface area contributed by atoms with Gasteiger partial charge in [0.05, 0.1) is 0 Å². The lowest BCUT2D eigenvalue weighted by Crippen LogP contribution is -2.48. The molecule has 0 saturated heterocycles. The second-order valence-electron chi connectivity index (χ2n) is 5.70. The average Bonchev–Trinajstić information content (AvgIpc) is 2.56. The number of carboxylic acid groups (broad SMARTS) is 1. The first-order valence-corrected chi connectivity index (χ1v) is 7.88. The molecule has 6 heteroatoms. The quantitative estimate of drug-likeness (QED) is 0.828. The zero-order valence-electron chi connectivity index (χ0n) is 13.2. The molecule has 1 heterocycles. The summed E-state index contributed by atoms with van der Waals surface area (Å²) >= 11 is 0. The van der Waals surface area contributed by atoms with Crippen molar-refractivity contribution < 1.29 is 19.5 Å². The van der Waals surface area contributed by atoms with Gasteiger partial charge in [-0.05, 0) is 17.5 Å². The lowest BCUT2D eigenvalue weighted by molar-refractivity contribution is -0.151. The molecule has 0 spiro atoms. The van der Waals surface area contributed by atoms with Crippen molar-refractivity contribution in [1.29, 1.82) is 0 Å². The van der Waals surface area contributed by atoms with Crippen LogP contribution in [0.2, 0.25) is 0 Å². The van der Waals surface area contributed by atoms with Crippen LogP contribution in [0.3, 0.4) is 0 Å². The lowest BCUT2D eigenvalue weighted by Gasteiger charge is -2.34. The number of amides is 2. The second-order valence-corrected chi connectivity index (χ2v) is 5.70. The highest BCUT2D eigenvalue weighted by Crippen LogP contribution is 2.24. The summed E-state index contributed by atoms with van der Waals surface area (Å²) in [7, 11) is 0. The molecule has 1 atom stereocenters. The Morgan fingerprint density at radius 3 is 2.57 bits per heavy atom. The SMILES string of the molecule is CCCNC(=O)CCC(=O)N1Cc2ccccc2CC1C(=O)O. The molecule has 1 aromatic rings. The van der Waals surface area contributed by atoms with Crippen LogP contribution in [-0.2, 0) is 27.3 Å². The molecule has 1 unspecified atom stereocenters. The highest BCUT2D eigenvalue weighted by atomic mass is 16.4. The van der Waals surface area contributed by atoms with E-state index in [2.05, 4.69) is 5.32 Å². The van der Waals surface area contributed by atoms with Gasteiger partial charge in [-0.3, -0.25) is 9.59 Å². The number of fused-ring (bicyclic) bond motifs is 1. The van der Waals surface area contributed by atoms with E-state index >= 15 is 0 Å². The predicted molar refractivity (Wildman–Crippen MR) is 84.7 cm³/mol. The van der Waals surface area contributed by atoms with Crippen molar-refractivity contribution in [2.75, 3.05) is 6.54 Å². The van der Waals surface area contributed by atoms with Gasteiger partial charge in [0, 0.05) is 32.4 Å². The van der Waals surface area contributed by atoms with Crippen molar-refractivity contribution in [2.45, 2.75) is 45.2 Å². The Hall–Kier alpha value is -2.37. The minimum absolute atomic E-state index is 0.0293. The van der Waals surface area contributed by atoms with Crippen LogP contribution in [-0.4, -0.2) is 40.4 Å². The van der Waals surface area contributed by atoms with Crippen LogP contribution in [0, 0.1) is 0 Å². The molecule has 0 aromatic heterocycles. The molecule has 1 aromatic carbocycles. The third-order valence-electron chi connectivity index (χ3n) is 3.99. The Morgan fingerprint density at radius 2 is 1.91 bits per heavy atom. The summed E-state index contributed by atoms with van der Waals surface area (Å²) in [5.41, 5.74) is 1.93. The van der Waals surface area contributed by atoms with Gasteiger partial charge in [-0.15, -0.1) is 0 Å². The van der Waals surface area contributed by atoms with Gasteiger partial charge in [-0.1, -0.05) is 31.2 Å². The van der Waals surface area contributed by atoms with E-state index in [1.165, 1.54) is 4.90 Å². The van der Waals surface area contributed by atoms with Crippen LogP contribution < -0.4 is 5.32 Å². The first-order valence-electron chi connectivity index (χ1n) is 7.88. The van der Waals surface area contributed by atoms with Gasteiger partial charge in [0.15, 0.2) is 0 Å². The van der Waals surface area contributed by atoms with Crippen LogP contribution in [0.5, 0.6) is 0 Å². The van der Waals surface area contributed by atoms with Crippen molar-refractivity contribution in [3.8, 4) is 0 Å². The fraction of sp³-hybridized carbons (Fsp3) is 0.471. The van der Waals surface area contributed by atoms with E-state index in [1.54, 1.807) is 0 Å². The largest absolute Gasteiger partial charge is 0.480 e. The molecule has 0 saturated carbocycles. The van der Waals surface area contributed by atoms with Gasteiger partial charge in [0.1, 0.15) is 6.04 Å². The molecule has 1 aliphatic rings. The molecule has 0 aliphatic carbocycles. The maximum absolute atomic E-state index is 12.4. The fourth-order valence-corrected chi connectivity index (χ4v) is 2.72. The first kappa shape index (κ1) is 17.0. The standard InChI is InChI=1S/C17H22N2O4/c1-2-9-18-15(20)7-8-16(21)19-11-13-6-4-3-5-12(13)10-14(19)17(22)23/h3-6,14H,2,7-11H2,1H3,(H,18,20)(H,22,23). The number of aliphatic carboxylic acids is 1. The molecular weight excluding hydrogens is 296 g/mol. The van der Waals surface area contributed by atoms with E-state index in [1.807, 2.05) is 31.2 Å². The van der Waals surface area contributed by atoms with E-state index in [9.17, 15) is 19.5 Å². The molecule has 0 bridgehead atoms. The summed E-state index contributed by atoms with van der Waals surface area (Å²) in [6.45, 7) is 2.82. The highest BCUT2D eigenvalue weighted by molar-refractivity contribution is 5.87. The van der Waals surface area contributed by atoms with Gasteiger partial charge < -0.3 is 15.3 Å². The Morgan fingerprint density at radius 1 is 1.22 bits per heavy atom. The number of nitrogens with zero attached hydrogens (tertiary/aromatic N) is 1. The van der Waals surface area contributed by atoms with Crippen molar-refractivity contribution in [1.82, 2.24) is 10.2 Å². The third kappa shape index (κ3) is 4.31. The minimum atomic E-state index is -1.01. The van der Waals surface area contributed by atoms with Crippen molar-refractivity contribution >= 4 is 17.8 Å². The first-order chi connectivity index (χ1) is 11.0. The molecule has 2 rings (SSSR count). The molecule has 6 nitrogen and oxygen atoms in total. The van der Waals surface area contributed by atoms with Gasteiger partial charge >= 0.3 is 5.97 Å². The van der Waals surface area contributed by atoms with Crippen LogP contribution in [0.4, 0.5) is 0 Å². The summed E-state index contributed by atoms with van der Waals surface area (Å²) in [5, 5.41) is 12.1. The molecule has 0 fully saturated rings. The van der Waals surface area contributed by atoms with E-state index in [0.717, 1.165) is 17.5 Å². The van der Waals surface area contributed by atoms with Crippen LogP contribution in [0.15, 0.2) is 24.3 Å². The number of rotatable bonds is 6. The third-order valence-corrected chi connectivity index (χ3v) is 3.99. The van der Waals surface area contributed by atoms with Gasteiger partial charge in [0.25, 0.3) is 0 Å². The smallest absolute Gasteiger partial charge is 0.326 e. The lowest BCUT2D eigenvalue weighted by atomic mass is 9.93. The van der Waals surface area contributed by atoms with E-state index in [-0.39, 0.29) is 31.2 Å². The minimum Gasteiger partial charge on any atom is -0.480 e. The predicted octanol–water partition coefficient (Wildman–Crippen LogP) is 1.33. The number of hydrogen-bond donors (Lipinski definition) is 2. The zero-order chi connectivity index (χ0) is 16.8. The normalized spacial score (nSPS) is 16.6. The van der Waals surface area contributed by atoms with Gasteiger partial charge in [0.2, 0.25) is 11.8 Å². The molecule has 1 aliphatic heterocycles.